The number of benzene rings is 1. The van der Waals surface area contributed by atoms with Gasteiger partial charge in [0.1, 0.15) is 11.9 Å². The van der Waals surface area contributed by atoms with E-state index in [1.807, 2.05) is 49.1 Å². The van der Waals surface area contributed by atoms with Crippen LogP contribution in [0.1, 0.15) is 53.8 Å². The summed E-state index contributed by atoms with van der Waals surface area (Å²) in [5, 5.41) is 7.66. The van der Waals surface area contributed by atoms with E-state index in [4.69, 9.17) is 4.74 Å². The highest BCUT2D eigenvalue weighted by Crippen LogP contribution is 2.37. The second-order valence-corrected chi connectivity index (χ2v) is 8.47. The average molecular weight is 433 g/mol. The standard InChI is InChI=1S/C23H30F2N4O2/c1-3-31-14-16-4-6-18(7-5-16)23(30)28-10-8-17(9-11-28)19-13-20(22(24)25)29-21(26-19)12-15(2)27-29/h4-7,12,17,19-20,22,26H,3,8-11,13-14H2,1-2H3/t19-,20+/m0/s1. The number of alkyl halides is 2. The van der Waals surface area contributed by atoms with Crippen LogP contribution in [0.5, 0.6) is 0 Å². The molecule has 2 atom stereocenters. The number of amides is 1. The minimum Gasteiger partial charge on any atom is -0.377 e. The van der Waals surface area contributed by atoms with Crippen LogP contribution in [0.25, 0.3) is 0 Å². The molecule has 0 aliphatic carbocycles. The molecule has 2 aliphatic rings. The van der Waals surface area contributed by atoms with Gasteiger partial charge in [0.25, 0.3) is 12.3 Å². The maximum absolute atomic E-state index is 13.7. The van der Waals surface area contributed by atoms with Crippen LogP contribution >= 0.6 is 0 Å². The van der Waals surface area contributed by atoms with Gasteiger partial charge in [-0.3, -0.25) is 4.79 Å². The van der Waals surface area contributed by atoms with Crippen molar-refractivity contribution < 1.29 is 18.3 Å². The lowest BCUT2D eigenvalue weighted by Gasteiger charge is -2.40. The Morgan fingerprint density at radius 2 is 1.97 bits per heavy atom. The molecular weight excluding hydrogens is 402 g/mol. The van der Waals surface area contributed by atoms with E-state index in [1.165, 1.54) is 4.68 Å². The minimum atomic E-state index is -2.45. The summed E-state index contributed by atoms with van der Waals surface area (Å²) in [5.41, 5.74) is 2.46. The van der Waals surface area contributed by atoms with Crippen molar-refractivity contribution >= 4 is 11.7 Å². The first kappa shape index (κ1) is 21.7. The summed E-state index contributed by atoms with van der Waals surface area (Å²) in [6.07, 6.45) is -0.495. The number of nitrogens with zero attached hydrogens (tertiary/aromatic N) is 3. The summed E-state index contributed by atoms with van der Waals surface area (Å²) in [4.78, 5) is 14.8. The Morgan fingerprint density at radius 3 is 2.61 bits per heavy atom. The molecule has 1 N–H and O–H groups in total. The molecule has 1 saturated heterocycles. The van der Waals surface area contributed by atoms with Gasteiger partial charge in [0.05, 0.1) is 12.3 Å². The fourth-order valence-corrected chi connectivity index (χ4v) is 4.66. The molecule has 1 fully saturated rings. The Balaban J connectivity index is 1.36. The second kappa shape index (κ2) is 9.34. The summed E-state index contributed by atoms with van der Waals surface area (Å²) in [6, 6.07) is 8.45. The van der Waals surface area contributed by atoms with Crippen LogP contribution in [0, 0.1) is 12.8 Å². The van der Waals surface area contributed by atoms with E-state index in [0.717, 1.165) is 24.1 Å². The summed E-state index contributed by atoms with van der Waals surface area (Å²) in [5.74, 6) is 0.949. The smallest absolute Gasteiger partial charge is 0.260 e. The van der Waals surface area contributed by atoms with Crippen molar-refractivity contribution in [3.8, 4) is 0 Å². The van der Waals surface area contributed by atoms with E-state index in [-0.39, 0.29) is 17.9 Å². The summed E-state index contributed by atoms with van der Waals surface area (Å²) in [7, 11) is 0. The van der Waals surface area contributed by atoms with Crippen LogP contribution in [0.3, 0.4) is 0 Å². The van der Waals surface area contributed by atoms with Gasteiger partial charge in [-0.15, -0.1) is 0 Å². The molecule has 4 rings (SSSR count). The Hall–Kier alpha value is -2.48. The van der Waals surface area contributed by atoms with Gasteiger partial charge in [-0.2, -0.15) is 5.10 Å². The Kier molecular flexibility index (Phi) is 6.55. The van der Waals surface area contributed by atoms with Gasteiger partial charge < -0.3 is 15.0 Å². The molecule has 3 heterocycles. The summed E-state index contributed by atoms with van der Waals surface area (Å²) >= 11 is 0. The quantitative estimate of drug-likeness (QED) is 0.741. The monoisotopic (exact) mass is 432 g/mol. The van der Waals surface area contributed by atoms with Crippen LogP contribution in [0.2, 0.25) is 0 Å². The van der Waals surface area contributed by atoms with Gasteiger partial charge in [0.2, 0.25) is 0 Å². The van der Waals surface area contributed by atoms with Crippen molar-refractivity contribution in [1.29, 1.82) is 0 Å². The van der Waals surface area contributed by atoms with Crippen LogP contribution in [-0.2, 0) is 11.3 Å². The minimum absolute atomic E-state index is 0.0252. The van der Waals surface area contributed by atoms with Crippen LogP contribution in [-0.4, -0.2) is 52.8 Å². The molecule has 0 unspecified atom stereocenters. The fourth-order valence-electron chi connectivity index (χ4n) is 4.66. The van der Waals surface area contributed by atoms with Crippen molar-refractivity contribution in [1.82, 2.24) is 14.7 Å². The molecule has 168 valence electrons. The molecule has 0 bridgehead atoms. The zero-order valence-electron chi connectivity index (χ0n) is 18.1. The SMILES string of the molecule is CCOCc1ccc(C(=O)N2CCC([C@@H]3C[C@H](C(F)F)n4nc(C)cc4N3)CC2)cc1. The number of carbonyl (C=O) groups is 1. The number of rotatable bonds is 6. The van der Waals surface area contributed by atoms with Gasteiger partial charge in [-0.1, -0.05) is 12.1 Å². The highest BCUT2D eigenvalue weighted by atomic mass is 19.3. The molecule has 1 aromatic heterocycles. The van der Waals surface area contributed by atoms with E-state index in [9.17, 15) is 13.6 Å². The van der Waals surface area contributed by atoms with E-state index in [2.05, 4.69) is 10.4 Å². The molecule has 1 amide bonds. The van der Waals surface area contributed by atoms with E-state index >= 15 is 0 Å². The molecule has 6 nitrogen and oxygen atoms in total. The number of anilines is 1. The second-order valence-electron chi connectivity index (χ2n) is 8.47. The molecule has 31 heavy (non-hydrogen) atoms. The maximum atomic E-state index is 13.7. The first-order valence-electron chi connectivity index (χ1n) is 11.0. The molecule has 8 heteroatoms. The predicted molar refractivity (Wildman–Crippen MR) is 114 cm³/mol. The molecule has 2 aromatic rings. The van der Waals surface area contributed by atoms with Gasteiger partial charge in [0, 0.05) is 37.4 Å². The number of carbonyl (C=O) groups excluding carboxylic acids is 1. The van der Waals surface area contributed by atoms with Crippen LogP contribution in [0.4, 0.5) is 14.6 Å². The highest BCUT2D eigenvalue weighted by molar-refractivity contribution is 5.94. The molecule has 0 saturated carbocycles. The van der Waals surface area contributed by atoms with Crippen molar-refractivity contribution in [3.05, 3.63) is 47.2 Å². The molecule has 1 aromatic carbocycles. The molecule has 0 spiro atoms. The number of nitrogens with one attached hydrogen (secondary N) is 1. The van der Waals surface area contributed by atoms with Crippen LogP contribution in [0.15, 0.2) is 30.3 Å². The Labute approximate surface area is 181 Å². The van der Waals surface area contributed by atoms with Gasteiger partial charge >= 0.3 is 0 Å². The van der Waals surface area contributed by atoms with Crippen molar-refractivity contribution in [2.45, 2.75) is 58.2 Å². The lowest BCUT2D eigenvalue weighted by molar-refractivity contribution is 0.0539. The largest absolute Gasteiger partial charge is 0.377 e. The lowest BCUT2D eigenvalue weighted by atomic mass is 9.85. The van der Waals surface area contributed by atoms with Crippen molar-refractivity contribution in [2.75, 3.05) is 25.0 Å². The van der Waals surface area contributed by atoms with Crippen LogP contribution < -0.4 is 5.32 Å². The maximum Gasteiger partial charge on any atom is 0.260 e. The molecule has 2 aliphatic heterocycles. The van der Waals surface area contributed by atoms with E-state index in [0.29, 0.717) is 44.1 Å². The first-order valence-corrected chi connectivity index (χ1v) is 11.0. The third-order valence-electron chi connectivity index (χ3n) is 6.36. The highest BCUT2D eigenvalue weighted by Gasteiger charge is 2.38. The zero-order chi connectivity index (χ0) is 22.0. The number of halogens is 2. The summed E-state index contributed by atoms with van der Waals surface area (Å²) < 4.78 is 34.1. The number of piperidine rings is 1. The number of fused-ring (bicyclic) bond motifs is 1. The number of hydrogen-bond donors (Lipinski definition) is 1. The summed E-state index contributed by atoms with van der Waals surface area (Å²) in [6.45, 7) is 6.25. The molecular formula is C23H30F2N4O2. The zero-order valence-corrected chi connectivity index (χ0v) is 18.1. The van der Waals surface area contributed by atoms with Crippen molar-refractivity contribution in [2.24, 2.45) is 5.92 Å². The van der Waals surface area contributed by atoms with Gasteiger partial charge in [-0.05, 0) is 56.7 Å². The lowest BCUT2D eigenvalue weighted by Crippen LogP contribution is -2.46. The number of ether oxygens (including phenoxy) is 1. The first-order chi connectivity index (χ1) is 15.0. The van der Waals surface area contributed by atoms with Gasteiger partial charge in [0.15, 0.2) is 0 Å². The normalized spacial score (nSPS) is 21.8. The Morgan fingerprint density at radius 1 is 1.26 bits per heavy atom. The Bertz CT molecular complexity index is 891. The predicted octanol–water partition coefficient (Wildman–Crippen LogP) is 4.27. The average Bonchev–Trinajstić information content (AvgIpc) is 3.16. The number of aryl methyl sites for hydroxylation is 1. The number of hydrogen-bond acceptors (Lipinski definition) is 4. The fraction of sp³-hybridized carbons (Fsp3) is 0.565. The third-order valence-corrected chi connectivity index (χ3v) is 6.36. The number of likely N-dealkylation sites (tertiary alicyclic amines) is 1. The van der Waals surface area contributed by atoms with E-state index in [1.54, 1.807) is 0 Å². The topological polar surface area (TPSA) is 59.4 Å². The molecule has 0 radical (unpaired) electrons. The van der Waals surface area contributed by atoms with Gasteiger partial charge in [-0.25, -0.2) is 13.5 Å². The number of aromatic nitrogens is 2. The third kappa shape index (κ3) is 4.74. The van der Waals surface area contributed by atoms with Crippen molar-refractivity contribution in [3.63, 3.8) is 0 Å². The van der Waals surface area contributed by atoms with E-state index < -0.39 is 12.5 Å².